The van der Waals surface area contributed by atoms with Crippen molar-refractivity contribution in [2.75, 3.05) is 0 Å². The van der Waals surface area contributed by atoms with Crippen LogP contribution in [0.4, 0.5) is 5.69 Å². The summed E-state index contributed by atoms with van der Waals surface area (Å²) >= 11 is 6.48. The van der Waals surface area contributed by atoms with Crippen LogP contribution < -0.4 is 4.74 Å². The van der Waals surface area contributed by atoms with Crippen molar-refractivity contribution >= 4 is 37.5 Å². The van der Waals surface area contributed by atoms with Crippen LogP contribution in [-0.4, -0.2) is 14.9 Å². The molecule has 0 atom stereocenters. The lowest BCUT2D eigenvalue weighted by atomic mass is 10.3. The molecule has 0 spiro atoms. The maximum absolute atomic E-state index is 10.9. The van der Waals surface area contributed by atoms with Gasteiger partial charge in [-0.3, -0.25) is 10.1 Å². The van der Waals surface area contributed by atoms with Crippen LogP contribution in [0.3, 0.4) is 0 Å². The molecule has 2 aromatic rings. The summed E-state index contributed by atoms with van der Waals surface area (Å²) < 4.78 is 5.84. The van der Waals surface area contributed by atoms with Gasteiger partial charge in [0.2, 0.25) is 5.75 Å². The minimum atomic E-state index is -0.521. The second kappa shape index (κ2) is 6.07. The zero-order chi connectivity index (χ0) is 13.8. The van der Waals surface area contributed by atoms with Crippen LogP contribution in [0.1, 0.15) is 5.56 Å². The average Bonchev–Trinajstić information content (AvgIpc) is 2.41. The molecule has 98 valence electrons. The van der Waals surface area contributed by atoms with E-state index >= 15 is 0 Å². The summed E-state index contributed by atoms with van der Waals surface area (Å²) in [6.45, 7) is 0. The number of nitro benzene ring substituents is 1. The first-order chi connectivity index (χ1) is 9.11. The van der Waals surface area contributed by atoms with Crippen LogP contribution in [0.2, 0.25) is 0 Å². The van der Waals surface area contributed by atoms with Gasteiger partial charge < -0.3 is 4.74 Å². The molecular formula is C11H7Br2N3O3. The highest BCUT2D eigenvalue weighted by atomic mass is 79.9. The molecule has 0 bridgehead atoms. The number of rotatable bonds is 4. The molecule has 0 saturated heterocycles. The topological polar surface area (TPSA) is 78.2 Å². The second-order valence-electron chi connectivity index (χ2n) is 3.45. The number of nitrogens with zero attached hydrogens (tertiary/aromatic N) is 3. The fourth-order valence-corrected chi connectivity index (χ4v) is 2.02. The standard InChI is InChI=1S/C11H7Br2N3O3/c12-4-7-5-14-11(15-6-7)19-10-8(13)2-1-3-9(10)16(17)18/h1-3,5-6H,4H2. The van der Waals surface area contributed by atoms with Gasteiger partial charge in [-0.15, -0.1) is 0 Å². The maximum Gasteiger partial charge on any atom is 0.322 e. The van der Waals surface area contributed by atoms with Gasteiger partial charge in [0.1, 0.15) is 0 Å². The van der Waals surface area contributed by atoms with E-state index in [1.807, 2.05) is 0 Å². The van der Waals surface area contributed by atoms with Crippen molar-refractivity contribution in [2.24, 2.45) is 0 Å². The van der Waals surface area contributed by atoms with Crippen molar-refractivity contribution < 1.29 is 9.66 Å². The Kier molecular flexibility index (Phi) is 4.43. The van der Waals surface area contributed by atoms with Gasteiger partial charge in [0.15, 0.2) is 0 Å². The third-order valence-electron chi connectivity index (χ3n) is 2.17. The van der Waals surface area contributed by atoms with E-state index < -0.39 is 4.92 Å². The molecule has 1 aromatic heterocycles. The monoisotopic (exact) mass is 387 g/mol. The number of benzene rings is 1. The molecule has 0 aliphatic rings. The predicted octanol–water partition coefficient (Wildman–Crippen LogP) is 3.83. The first-order valence-electron chi connectivity index (χ1n) is 5.09. The molecule has 0 saturated carbocycles. The van der Waals surface area contributed by atoms with Gasteiger partial charge >= 0.3 is 11.7 Å². The maximum atomic E-state index is 10.9. The first kappa shape index (κ1) is 13.9. The Hall–Kier alpha value is -1.54. The Morgan fingerprint density at radius 1 is 1.32 bits per heavy atom. The molecule has 8 heteroatoms. The Balaban J connectivity index is 2.34. The van der Waals surface area contributed by atoms with Crippen LogP contribution in [0.15, 0.2) is 35.1 Å². The number of halogens is 2. The molecule has 0 amide bonds. The lowest BCUT2D eigenvalue weighted by Gasteiger charge is -2.06. The fraction of sp³-hybridized carbons (Fsp3) is 0.0909. The highest BCUT2D eigenvalue weighted by Crippen LogP contribution is 2.36. The molecule has 0 radical (unpaired) electrons. The first-order valence-corrected chi connectivity index (χ1v) is 7.01. The smallest absolute Gasteiger partial charge is 0.322 e. The Labute approximate surface area is 125 Å². The molecule has 0 fully saturated rings. The van der Waals surface area contributed by atoms with Gasteiger partial charge in [0.25, 0.3) is 0 Å². The van der Waals surface area contributed by atoms with Gasteiger partial charge in [0, 0.05) is 23.8 Å². The zero-order valence-electron chi connectivity index (χ0n) is 9.42. The third kappa shape index (κ3) is 3.27. The number of aromatic nitrogens is 2. The summed E-state index contributed by atoms with van der Waals surface area (Å²) in [4.78, 5) is 18.4. The lowest BCUT2D eigenvalue weighted by molar-refractivity contribution is -0.385. The molecule has 1 heterocycles. The largest absolute Gasteiger partial charge is 0.416 e. The number of nitro groups is 1. The van der Waals surface area contributed by atoms with Crippen molar-refractivity contribution in [3.8, 4) is 11.8 Å². The summed E-state index contributed by atoms with van der Waals surface area (Å²) in [5.41, 5.74) is 0.733. The molecular weight excluding hydrogens is 382 g/mol. The lowest BCUT2D eigenvalue weighted by Crippen LogP contribution is -1.97. The molecule has 6 nitrogen and oxygen atoms in total. The molecule has 0 aliphatic carbocycles. The van der Waals surface area contributed by atoms with Crippen molar-refractivity contribution in [3.63, 3.8) is 0 Å². The summed E-state index contributed by atoms with van der Waals surface area (Å²) in [5, 5.41) is 11.5. The number of hydrogen-bond donors (Lipinski definition) is 0. The van der Waals surface area contributed by atoms with E-state index in [0.29, 0.717) is 9.80 Å². The molecule has 0 unspecified atom stereocenters. The predicted molar refractivity (Wildman–Crippen MR) is 75.5 cm³/mol. The van der Waals surface area contributed by atoms with Gasteiger partial charge in [0.05, 0.1) is 9.40 Å². The van der Waals surface area contributed by atoms with Crippen molar-refractivity contribution in [2.45, 2.75) is 5.33 Å². The number of alkyl halides is 1. The molecule has 19 heavy (non-hydrogen) atoms. The van der Waals surface area contributed by atoms with Gasteiger partial charge in [-0.1, -0.05) is 22.0 Å². The third-order valence-corrected chi connectivity index (χ3v) is 3.44. The van der Waals surface area contributed by atoms with Crippen molar-refractivity contribution in [1.29, 1.82) is 0 Å². The quantitative estimate of drug-likeness (QED) is 0.451. The molecule has 0 aliphatic heterocycles. The van der Waals surface area contributed by atoms with Crippen LogP contribution in [0.5, 0.6) is 11.8 Å². The van der Waals surface area contributed by atoms with E-state index in [9.17, 15) is 10.1 Å². The highest BCUT2D eigenvalue weighted by Gasteiger charge is 2.19. The number of hydrogen-bond acceptors (Lipinski definition) is 5. The Morgan fingerprint density at radius 3 is 2.58 bits per heavy atom. The van der Waals surface area contributed by atoms with Gasteiger partial charge in [-0.05, 0) is 27.6 Å². The summed E-state index contributed by atoms with van der Waals surface area (Å²) in [5.74, 6) is 0.0825. The highest BCUT2D eigenvalue weighted by molar-refractivity contribution is 9.10. The Morgan fingerprint density at radius 2 is 2.00 bits per heavy atom. The molecule has 1 aromatic carbocycles. The normalized spacial score (nSPS) is 10.2. The molecule has 0 N–H and O–H groups in total. The van der Waals surface area contributed by atoms with E-state index in [2.05, 4.69) is 41.8 Å². The minimum Gasteiger partial charge on any atom is -0.416 e. The Bertz CT molecular complexity index is 605. The SMILES string of the molecule is O=[N+]([O-])c1cccc(Br)c1Oc1ncc(CBr)cn1. The minimum absolute atomic E-state index is 0.0553. The average molecular weight is 389 g/mol. The van der Waals surface area contributed by atoms with E-state index in [0.717, 1.165) is 5.56 Å². The second-order valence-corrected chi connectivity index (χ2v) is 4.87. The van der Waals surface area contributed by atoms with E-state index in [1.165, 1.54) is 6.07 Å². The van der Waals surface area contributed by atoms with Gasteiger partial charge in [-0.2, -0.15) is 0 Å². The van der Waals surface area contributed by atoms with Crippen LogP contribution in [0, 0.1) is 10.1 Å². The van der Waals surface area contributed by atoms with Crippen molar-refractivity contribution in [3.05, 3.63) is 50.7 Å². The van der Waals surface area contributed by atoms with Crippen LogP contribution >= 0.6 is 31.9 Å². The van der Waals surface area contributed by atoms with Crippen LogP contribution in [-0.2, 0) is 5.33 Å². The zero-order valence-corrected chi connectivity index (χ0v) is 12.6. The van der Waals surface area contributed by atoms with E-state index in [1.54, 1.807) is 24.5 Å². The van der Waals surface area contributed by atoms with E-state index in [4.69, 9.17) is 4.74 Å². The summed E-state index contributed by atoms with van der Waals surface area (Å²) in [6.07, 6.45) is 3.17. The van der Waals surface area contributed by atoms with Gasteiger partial charge in [-0.25, -0.2) is 9.97 Å². The van der Waals surface area contributed by atoms with Crippen LogP contribution in [0.25, 0.3) is 0 Å². The van der Waals surface area contributed by atoms with E-state index in [-0.39, 0.29) is 17.4 Å². The fourth-order valence-electron chi connectivity index (χ4n) is 1.30. The summed E-state index contributed by atoms with van der Waals surface area (Å²) in [6, 6.07) is 4.62. The number of para-hydroxylation sites is 1. The van der Waals surface area contributed by atoms with Crippen molar-refractivity contribution in [1.82, 2.24) is 9.97 Å². The summed E-state index contributed by atoms with van der Waals surface area (Å²) in [7, 11) is 0. The number of ether oxygens (including phenoxy) is 1. The molecule has 2 rings (SSSR count).